The molecule has 5 rings (SSSR count). The zero-order valence-electron chi connectivity index (χ0n) is 16.6. The molecule has 5 fully saturated rings. The summed E-state index contributed by atoms with van der Waals surface area (Å²) in [6.45, 7) is 4.60. The molecule has 0 aromatic rings. The van der Waals surface area contributed by atoms with Gasteiger partial charge in [-0.2, -0.15) is 0 Å². The van der Waals surface area contributed by atoms with Crippen molar-refractivity contribution in [3.05, 3.63) is 0 Å². The molecule has 26 heavy (non-hydrogen) atoms. The highest BCUT2D eigenvalue weighted by atomic mass is 16.3. The molecule has 3 N–H and O–H groups in total. The standard InChI is InChI=1S/C23H37NO2/c1-3-8-23(26)10-7-14-13(12-23)4-5-16-15(14)6-9-22(2)19(16)17-11-18(17)20(22)21(24)25/h13-20,26H,3-12H2,1-2H3,(H2,24,25)/t13-,14+,15-,16-,17-,18+,19-,20-,22+,23-/m1/s1. The van der Waals surface area contributed by atoms with Crippen molar-refractivity contribution in [1.82, 2.24) is 0 Å². The molecule has 0 aliphatic heterocycles. The maximum absolute atomic E-state index is 12.2. The van der Waals surface area contributed by atoms with Crippen LogP contribution in [0.4, 0.5) is 0 Å². The zero-order chi connectivity index (χ0) is 18.3. The average molecular weight is 360 g/mol. The number of carbonyl (C=O) groups is 1. The molecule has 1 amide bonds. The van der Waals surface area contributed by atoms with Crippen molar-refractivity contribution in [1.29, 1.82) is 0 Å². The van der Waals surface area contributed by atoms with E-state index in [0.29, 0.717) is 5.92 Å². The highest BCUT2D eigenvalue weighted by Crippen LogP contribution is 2.74. The van der Waals surface area contributed by atoms with Crippen molar-refractivity contribution in [3.63, 3.8) is 0 Å². The van der Waals surface area contributed by atoms with Crippen molar-refractivity contribution in [2.75, 3.05) is 0 Å². The van der Waals surface area contributed by atoms with Crippen LogP contribution in [0, 0.1) is 52.8 Å². The van der Waals surface area contributed by atoms with Gasteiger partial charge in [-0.15, -0.1) is 0 Å². The molecule has 10 atom stereocenters. The fraction of sp³-hybridized carbons (Fsp3) is 0.957. The minimum Gasteiger partial charge on any atom is -0.390 e. The fourth-order valence-electron chi connectivity index (χ4n) is 9.16. The first-order valence-corrected chi connectivity index (χ1v) is 11.4. The van der Waals surface area contributed by atoms with Gasteiger partial charge in [0.2, 0.25) is 5.91 Å². The second kappa shape index (κ2) is 5.72. The van der Waals surface area contributed by atoms with Gasteiger partial charge in [-0.05, 0) is 105 Å². The number of nitrogens with two attached hydrogens (primary N) is 1. The molecule has 0 unspecified atom stereocenters. The molecular weight excluding hydrogens is 322 g/mol. The van der Waals surface area contributed by atoms with Crippen LogP contribution >= 0.6 is 0 Å². The summed E-state index contributed by atoms with van der Waals surface area (Å²) in [5.41, 5.74) is 5.68. The summed E-state index contributed by atoms with van der Waals surface area (Å²) in [7, 11) is 0. The average Bonchev–Trinajstić information content (AvgIpc) is 3.27. The van der Waals surface area contributed by atoms with Crippen molar-refractivity contribution < 1.29 is 9.90 Å². The Morgan fingerprint density at radius 1 is 1.04 bits per heavy atom. The molecule has 5 saturated carbocycles. The maximum atomic E-state index is 12.2. The summed E-state index contributed by atoms with van der Waals surface area (Å²) < 4.78 is 0. The summed E-state index contributed by atoms with van der Waals surface area (Å²) in [5.74, 6) is 5.55. The Balaban J connectivity index is 1.37. The number of carbonyl (C=O) groups excluding carboxylic acids is 1. The number of rotatable bonds is 3. The number of amides is 1. The minimum atomic E-state index is -0.377. The van der Waals surface area contributed by atoms with Crippen LogP contribution in [0.5, 0.6) is 0 Å². The molecule has 0 radical (unpaired) electrons. The highest BCUT2D eigenvalue weighted by Gasteiger charge is 2.70. The van der Waals surface area contributed by atoms with Crippen molar-refractivity contribution in [3.8, 4) is 0 Å². The molecule has 0 aromatic carbocycles. The Bertz CT molecular complexity index is 605. The molecule has 5 aliphatic rings. The Kier molecular flexibility index (Phi) is 3.85. The zero-order valence-corrected chi connectivity index (χ0v) is 16.6. The number of hydrogen-bond donors (Lipinski definition) is 2. The number of primary amides is 1. The van der Waals surface area contributed by atoms with Crippen molar-refractivity contribution in [2.45, 2.75) is 83.7 Å². The molecule has 0 spiro atoms. The second-order valence-corrected chi connectivity index (χ2v) is 11.1. The van der Waals surface area contributed by atoms with Gasteiger partial charge in [0.25, 0.3) is 0 Å². The lowest BCUT2D eigenvalue weighted by molar-refractivity contribution is -0.136. The first kappa shape index (κ1) is 17.5. The van der Waals surface area contributed by atoms with Gasteiger partial charge in [-0.25, -0.2) is 0 Å². The van der Waals surface area contributed by atoms with E-state index >= 15 is 0 Å². The van der Waals surface area contributed by atoms with Gasteiger partial charge in [0.05, 0.1) is 5.60 Å². The van der Waals surface area contributed by atoms with E-state index in [4.69, 9.17) is 5.73 Å². The highest BCUT2D eigenvalue weighted by molar-refractivity contribution is 5.79. The maximum Gasteiger partial charge on any atom is 0.221 e. The van der Waals surface area contributed by atoms with Crippen LogP contribution in [0.2, 0.25) is 0 Å². The predicted molar refractivity (Wildman–Crippen MR) is 102 cm³/mol. The van der Waals surface area contributed by atoms with Crippen LogP contribution in [-0.4, -0.2) is 16.6 Å². The van der Waals surface area contributed by atoms with E-state index in [1.807, 2.05) is 0 Å². The molecule has 0 saturated heterocycles. The summed E-state index contributed by atoms with van der Waals surface area (Å²) in [5, 5.41) is 11.0. The monoisotopic (exact) mass is 359 g/mol. The van der Waals surface area contributed by atoms with Crippen molar-refractivity contribution >= 4 is 5.91 Å². The Labute approximate surface area is 158 Å². The number of fused-ring (bicyclic) bond motifs is 7. The molecule has 3 nitrogen and oxygen atoms in total. The lowest BCUT2D eigenvalue weighted by Gasteiger charge is -2.57. The number of hydrogen-bond acceptors (Lipinski definition) is 2. The summed E-state index contributed by atoms with van der Waals surface area (Å²) in [6, 6.07) is 0. The van der Waals surface area contributed by atoms with Gasteiger partial charge in [0.15, 0.2) is 0 Å². The minimum absolute atomic E-state index is 0.0167. The number of aliphatic hydroxyl groups is 1. The van der Waals surface area contributed by atoms with Crippen LogP contribution in [0.1, 0.15) is 78.1 Å². The van der Waals surface area contributed by atoms with Gasteiger partial charge in [-0.3, -0.25) is 4.79 Å². The van der Waals surface area contributed by atoms with E-state index in [1.54, 1.807) is 0 Å². The molecule has 0 heterocycles. The van der Waals surface area contributed by atoms with Gasteiger partial charge in [0, 0.05) is 5.92 Å². The third-order valence-corrected chi connectivity index (χ3v) is 9.91. The van der Waals surface area contributed by atoms with E-state index in [9.17, 15) is 9.90 Å². The summed E-state index contributed by atoms with van der Waals surface area (Å²) in [4.78, 5) is 12.2. The van der Waals surface area contributed by atoms with Crippen LogP contribution < -0.4 is 5.73 Å². The largest absolute Gasteiger partial charge is 0.390 e. The molecule has 0 aromatic heterocycles. The van der Waals surface area contributed by atoms with Crippen LogP contribution in [0.3, 0.4) is 0 Å². The van der Waals surface area contributed by atoms with Crippen LogP contribution in [0.25, 0.3) is 0 Å². The van der Waals surface area contributed by atoms with Gasteiger partial charge < -0.3 is 10.8 Å². The smallest absolute Gasteiger partial charge is 0.221 e. The molecular formula is C23H37NO2. The molecule has 3 heteroatoms. The summed E-state index contributed by atoms with van der Waals surface area (Å²) >= 11 is 0. The van der Waals surface area contributed by atoms with Crippen molar-refractivity contribution in [2.24, 2.45) is 58.5 Å². The van der Waals surface area contributed by atoms with E-state index < -0.39 is 0 Å². The van der Waals surface area contributed by atoms with E-state index in [1.165, 1.54) is 38.5 Å². The van der Waals surface area contributed by atoms with Crippen LogP contribution in [0.15, 0.2) is 0 Å². The first-order valence-electron chi connectivity index (χ1n) is 11.4. The molecule has 146 valence electrons. The third-order valence-electron chi connectivity index (χ3n) is 9.91. The van der Waals surface area contributed by atoms with Crippen LogP contribution in [-0.2, 0) is 4.79 Å². The van der Waals surface area contributed by atoms with Gasteiger partial charge in [0.1, 0.15) is 0 Å². The third kappa shape index (κ3) is 2.31. The quantitative estimate of drug-likeness (QED) is 0.796. The normalized spacial score (nSPS) is 57.5. The SMILES string of the molecule is CCC[C@@]1(O)CC[C@H]2[C@H](CC[C@@H]3[C@@H]2CC[C@@]2(C)[C@H]3[C@@H]3C[C@@H]3[C@@H]2C(N)=O)C1. The fourth-order valence-corrected chi connectivity index (χ4v) is 9.16. The van der Waals surface area contributed by atoms with Gasteiger partial charge in [-0.1, -0.05) is 20.3 Å². The predicted octanol–water partition coefficient (Wildman–Crippen LogP) is 4.13. The lowest BCUT2D eigenvalue weighted by Crippen LogP contribution is -2.53. The van der Waals surface area contributed by atoms with E-state index in [2.05, 4.69) is 13.8 Å². The van der Waals surface area contributed by atoms with E-state index in [0.717, 1.165) is 61.2 Å². The molecule has 0 bridgehead atoms. The molecule has 5 aliphatic carbocycles. The Morgan fingerprint density at radius 3 is 2.54 bits per heavy atom. The summed E-state index contributed by atoms with van der Waals surface area (Å²) in [6.07, 6.45) is 11.8. The van der Waals surface area contributed by atoms with E-state index in [-0.39, 0.29) is 22.8 Å². The first-order chi connectivity index (χ1) is 12.4. The Morgan fingerprint density at radius 2 is 1.81 bits per heavy atom. The topological polar surface area (TPSA) is 63.3 Å². The Hall–Kier alpha value is -0.570. The van der Waals surface area contributed by atoms with Gasteiger partial charge >= 0.3 is 0 Å². The second-order valence-electron chi connectivity index (χ2n) is 11.1. The lowest BCUT2D eigenvalue weighted by atomic mass is 9.48.